The number of hydrogen-bond donors (Lipinski definition) is 1. The molecule has 0 aliphatic rings. The minimum atomic E-state index is -0.413. The molecule has 0 spiro atoms. The van der Waals surface area contributed by atoms with Gasteiger partial charge in [0.2, 0.25) is 0 Å². The maximum Gasteiger partial charge on any atom is 0.336 e. The lowest BCUT2D eigenvalue weighted by molar-refractivity contribution is -0.123. The summed E-state index contributed by atoms with van der Waals surface area (Å²) < 4.78 is 10.4. The van der Waals surface area contributed by atoms with Crippen LogP contribution in [0.4, 0.5) is 0 Å². The first-order valence-corrected chi connectivity index (χ1v) is 6.54. The van der Waals surface area contributed by atoms with Gasteiger partial charge < -0.3 is 14.5 Å². The smallest absolute Gasteiger partial charge is 0.336 e. The number of carbonyl (C=O) groups is 1. The second kappa shape index (κ2) is 6.23. The molecule has 1 aromatic carbocycles. The average Bonchev–Trinajstić information content (AvgIpc) is 2.44. The highest BCUT2D eigenvalue weighted by Crippen LogP contribution is 2.19. The predicted octanol–water partition coefficient (Wildman–Crippen LogP) is 2.09. The largest absolute Gasteiger partial charge is 0.484 e. The molecule has 20 heavy (non-hydrogen) atoms. The van der Waals surface area contributed by atoms with Gasteiger partial charge in [-0.3, -0.25) is 4.79 Å². The van der Waals surface area contributed by atoms with E-state index in [9.17, 15) is 9.59 Å². The zero-order chi connectivity index (χ0) is 14.5. The molecule has 1 amide bonds. The quantitative estimate of drug-likeness (QED) is 0.848. The minimum absolute atomic E-state index is 0.0626. The van der Waals surface area contributed by atoms with Gasteiger partial charge in [0.15, 0.2) is 6.61 Å². The van der Waals surface area contributed by atoms with Crippen LogP contribution in [0.15, 0.2) is 39.5 Å². The number of fused-ring (bicyclic) bond motifs is 1. The summed E-state index contributed by atoms with van der Waals surface area (Å²) in [5, 5.41) is 3.62. The lowest BCUT2D eigenvalue weighted by Crippen LogP contribution is -2.35. The van der Waals surface area contributed by atoms with Gasteiger partial charge in [0.1, 0.15) is 11.3 Å². The summed E-state index contributed by atoms with van der Waals surface area (Å²) in [4.78, 5) is 22.7. The fraction of sp³-hybridized carbons (Fsp3) is 0.333. The Morgan fingerprint density at radius 1 is 1.35 bits per heavy atom. The molecule has 0 aliphatic carbocycles. The first kappa shape index (κ1) is 14.1. The highest BCUT2D eigenvalue weighted by atomic mass is 16.5. The Bertz CT molecular complexity index is 662. The summed E-state index contributed by atoms with van der Waals surface area (Å²) in [5.74, 6) is 0.320. The van der Waals surface area contributed by atoms with Crippen LogP contribution in [0.25, 0.3) is 11.0 Å². The van der Waals surface area contributed by atoms with Crippen molar-refractivity contribution in [3.63, 3.8) is 0 Å². The molecule has 1 atom stereocenters. The number of hydrogen-bond acceptors (Lipinski definition) is 4. The lowest BCUT2D eigenvalue weighted by Gasteiger charge is -2.12. The molecule has 0 radical (unpaired) electrons. The minimum Gasteiger partial charge on any atom is -0.484 e. The maximum atomic E-state index is 11.6. The number of amides is 1. The third-order valence-corrected chi connectivity index (χ3v) is 2.98. The van der Waals surface area contributed by atoms with E-state index in [0.717, 1.165) is 11.8 Å². The molecule has 106 valence electrons. The molecule has 0 saturated heterocycles. The molecular weight excluding hydrogens is 258 g/mol. The van der Waals surface area contributed by atoms with E-state index in [0.29, 0.717) is 11.3 Å². The first-order valence-electron chi connectivity index (χ1n) is 6.54. The molecule has 1 N–H and O–H groups in total. The Kier molecular flexibility index (Phi) is 4.40. The second-order valence-corrected chi connectivity index (χ2v) is 4.62. The van der Waals surface area contributed by atoms with Gasteiger partial charge in [0, 0.05) is 23.6 Å². The van der Waals surface area contributed by atoms with Crippen LogP contribution in [-0.2, 0) is 4.79 Å². The standard InChI is InChI=1S/C15H17NO4/c1-3-10(2)16-14(17)9-19-12-6-4-11-5-7-15(18)20-13(11)8-12/h4-8,10H,3,9H2,1-2H3,(H,16,17)/t10-/m1/s1. The average molecular weight is 275 g/mol. The molecule has 0 bridgehead atoms. The molecule has 0 unspecified atom stereocenters. The molecule has 0 fully saturated rings. The van der Waals surface area contributed by atoms with Crippen molar-refractivity contribution in [2.24, 2.45) is 0 Å². The Morgan fingerprint density at radius 3 is 2.85 bits per heavy atom. The number of benzene rings is 1. The third-order valence-electron chi connectivity index (χ3n) is 2.98. The zero-order valence-electron chi connectivity index (χ0n) is 11.5. The van der Waals surface area contributed by atoms with E-state index < -0.39 is 5.63 Å². The second-order valence-electron chi connectivity index (χ2n) is 4.62. The summed E-state index contributed by atoms with van der Waals surface area (Å²) in [6, 6.07) is 8.29. The molecule has 1 heterocycles. The summed E-state index contributed by atoms with van der Waals surface area (Å²) in [5.41, 5.74) is 0.0292. The summed E-state index contributed by atoms with van der Waals surface area (Å²) >= 11 is 0. The van der Waals surface area contributed by atoms with Crippen LogP contribution in [0.2, 0.25) is 0 Å². The highest BCUT2D eigenvalue weighted by molar-refractivity contribution is 5.79. The topological polar surface area (TPSA) is 68.5 Å². The van der Waals surface area contributed by atoms with Crippen LogP contribution >= 0.6 is 0 Å². The van der Waals surface area contributed by atoms with Crippen molar-refractivity contribution in [2.75, 3.05) is 6.61 Å². The fourth-order valence-electron chi connectivity index (χ4n) is 1.70. The van der Waals surface area contributed by atoms with Gasteiger partial charge in [-0.1, -0.05) is 6.92 Å². The van der Waals surface area contributed by atoms with Crippen LogP contribution in [-0.4, -0.2) is 18.6 Å². The van der Waals surface area contributed by atoms with E-state index in [2.05, 4.69) is 5.32 Å². The molecule has 0 aliphatic heterocycles. The number of rotatable bonds is 5. The summed E-state index contributed by atoms with van der Waals surface area (Å²) in [6.45, 7) is 3.87. The lowest BCUT2D eigenvalue weighted by atomic mass is 10.2. The fourth-order valence-corrected chi connectivity index (χ4v) is 1.70. The SMILES string of the molecule is CC[C@@H](C)NC(=O)COc1ccc2ccc(=O)oc2c1. The maximum absolute atomic E-state index is 11.6. The first-order chi connectivity index (χ1) is 9.58. The van der Waals surface area contributed by atoms with Crippen LogP contribution < -0.4 is 15.7 Å². The number of ether oxygens (including phenoxy) is 1. The highest BCUT2D eigenvalue weighted by Gasteiger charge is 2.07. The monoisotopic (exact) mass is 275 g/mol. The van der Waals surface area contributed by atoms with Gasteiger partial charge in [0.05, 0.1) is 0 Å². The Morgan fingerprint density at radius 2 is 2.10 bits per heavy atom. The van der Waals surface area contributed by atoms with Crippen molar-refractivity contribution in [2.45, 2.75) is 26.3 Å². The van der Waals surface area contributed by atoms with Crippen molar-refractivity contribution in [3.8, 4) is 5.75 Å². The Balaban J connectivity index is 2.03. The molecular formula is C15H17NO4. The van der Waals surface area contributed by atoms with Crippen LogP contribution in [0.3, 0.4) is 0 Å². The molecule has 1 aromatic heterocycles. The van der Waals surface area contributed by atoms with E-state index in [1.165, 1.54) is 6.07 Å². The van der Waals surface area contributed by atoms with Gasteiger partial charge in [-0.15, -0.1) is 0 Å². The molecule has 0 saturated carbocycles. The summed E-state index contributed by atoms with van der Waals surface area (Å²) in [6.07, 6.45) is 0.868. The number of carbonyl (C=O) groups excluding carboxylic acids is 1. The zero-order valence-corrected chi connectivity index (χ0v) is 11.5. The van der Waals surface area contributed by atoms with E-state index in [4.69, 9.17) is 9.15 Å². The summed E-state index contributed by atoms with van der Waals surface area (Å²) in [7, 11) is 0. The van der Waals surface area contributed by atoms with Gasteiger partial charge in [0.25, 0.3) is 5.91 Å². The number of nitrogens with one attached hydrogen (secondary N) is 1. The van der Waals surface area contributed by atoms with Crippen molar-refractivity contribution >= 4 is 16.9 Å². The Hall–Kier alpha value is -2.30. The van der Waals surface area contributed by atoms with Crippen LogP contribution in [0.1, 0.15) is 20.3 Å². The van der Waals surface area contributed by atoms with E-state index in [1.807, 2.05) is 13.8 Å². The van der Waals surface area contributed by atoms with Crippen LogP contribution in [0, 0.1) is 0 Å². The normalized spacial score (nSPS) is 12.1. The molecule has 2 rings (SSSR count). The molecule has 2 aromatic rings. The molecule has 5 nitrogen and oxygen atoms in total. The van der Waals surface area contributed by atoms with Crippen molar-refractivity contribution in [3.05, 3.63) is 40.8 Å². The van der Waals surface area contributed by atoms with Crippen LogP contribution in [0.5, 0.6) is 5.75 Å². The van der Waals surface area contributed by atoms with Gasteiger partial charge in [-0.2, -0.15) is 0 Å². The Labute approximate surface area is 116 Å². The van der Waals surface area contributed by atoms with E-state index >= 15 is 0 Å². The third kappa shape index (κ3) is 3.60. The van der Waals surface area contributed by atoms with Crippen molar-refractivity contribution < 1.29 is 13.9 Å². The van der Waals surface area contributed by atoms with E-state index in [1.54, 1.807) is 24.3 Å². The predicted molar refractivity (Wildman–Crippen MR) is 75.9 cm³/mol. The van der Waals surface area contributed by atoms with Crippen molar-refractivity contribution in [1.29, 1.82) is 0 Å². The molecule has 5 heteroatoms. The van der Waals surface area contributed by atoms with Gasteiger partial charge in [-0.05, 0) is 31.5 Å². The van der Waals surface area contributed by atoms with Crippen molar-refractivity contribution in [1.82, 2.24) is 5.32 Å². The van der Waals surface area contributed by atoms with E-state index in [-0.39, 0.29) is 18.6 Å². The van der Waals surface area contributed by atoms with Gasteiger partial charge >= 0.3 is 5.63 Å². The van der Waals surface area contributed by atoms with Gasteiger partial charge in [-0.25, -0.2) is 4.79 Å².